The van der Waals surface area contributed by atoms with Crippen molar-refractivity contribution in [1.82, 2.24) is 0 Å². The Bertz CT molecular complexity index is 489. The summed E-state index contributed by atoms with van der Waals surface area (Å²) in [5.41, 5.74) is 1.52. The average Bonchev–Trinajstić information content (AvgIpc) is 2.81. The molecule has 1 aromatic heterocycles. The van der Waals surface area contributed by atoms with Crippen molar-refractivity contribution in [2.24, 2.45) is 0 Å². The number of hydrogen-bond acceptors (Lipinski definition) is 2. The lowest BCUT2D eigenvalue weighted by Crippen LogP contribution is -1.77. The molecule has 0 saturated carbocycles. The second kappa shape index (κ2) is 4.30. The van der Waals surface area contributed by atoms with Crippen LogP contribution in [0.5, 0.6) is 0 Å². The van der Waals surface area contributed by atoms with E-state index in [4.69, 9.17) is 9.68 Å². The predicted molar refractivity (Wildman–Crippen MR) is 58.6 cm³/mol. The van der Waals surface area contributed by atoms with Gasteiger partial charge in [0, 0.05) is 0 Å². The van der Waals surface area contributed by atoms with Crippen molar-refractivity contribution in [2.75, 3.05) is 0 Å². The Labute approximate surface area is 88.1 Å². The summed E-state index contributed by atoms with van der Waals surface area (Å²) in [5, 5.41) is 8.98. The van der Waals surface area contributed by atoms with Crippen molar-refractivity contribution >= 4 is 11.6 Å². The van der Waals surface area contributed by atoms with E-state index in [-0.39, 0.29) is 0 Å². The topological polar surface area (TPSA) is 36.9 Å². The van der Waals surface area contributed by atoms with Crippen molar-refractivity contribution in [3.8, 4) is 6.07 Å². The monoisotopic (exact) mass is 195 g/mol. The first-order valence-corrected chi connectivity index (χ1v) is 4.61. The molecule has 0 radical (unpaired) electrons. The third-order valence-electron chi connectivity index (χ3n) is 2.02. The van der Waals surface area contributed by atoms with Crippen molar-refractivity contribution in [3.63, 3.8) is 0 Å². The largest absolute Gasteiger partial charge is 0.464 e. The summed E-state index contributed by atoms with van der Waals surface area (Å²) >= 11 is 0. The van der Waals surface area contributed by atoms with Gasteiger partial charge in [0.2, 0.25) is 0 Å². The molecular weight excluding hydrogens is 186 g/mol. The SMILES string of the molecule is N#CC(=Cc1ccccc1)c1ccco1. The van der Waals surface area contributed by atoms with Crippen molar-refractivity contribution < 1.29 is 4.42 Å². The molecule has 2 aromatic rings. The summed E-state index contributed by atoms with van der Waals surface area (Å²) in [4.78, 5) is 0. The van der Waals surface area contributed by atoms with Gasteiger partial charge in [-0.25, -0.2) is 0 Å². The van der Waals surface area contributed by atoms with Crippen LogP contribution in [0.3, 0.4) is 0 Å². The quantitative estimate of drug-likeness (QED) is 0.689. The first-order valence-electron chi connectivity index (χ1n) is 4.61. The molecule has 0 aliphatic rings. The van der Waals surface area contributed by atoms with Gasteiger partial charge in [0.15, 0.2) is 0 Å². The lowest BCUT2D eigenvalue weighted by Gasteiger charge is -1.94. The Morgan fingerprint density at radius 3 is 2.53 bits per heavy atom. The number of nitriles is 1. The van der Waals surface area contributed by atoms with Gasteiger partial charge in [-0.15, -0.1) is 0 Å². The van der Waals surface area contributed by atoms with E-state index in [1.165, 1.54) is 0 Å². The first kappa shape index (κ1) is 9.29. The van der Waals surface area contributed by atoms with E-state index >= 15 is 0 Å². The van der Waals surface area contributed by atoms with Gasteiger partial charge in [-0.3, -0.25) is 0 Å². The number of rotatable bonds is 2. The number of furan rings is 1. The Kier molecular flexibility index (Phi) is 2.66. The van der Waals surface area contributed by atoms with E-state index in [1.807, 2.05) is 30.3 Å². The molecule has 0 amide bonds. The second-order valence-electron chi connectivity index (χ2n) is 3.06. The van der Waals surface area contributed by atoms with Gasteiger partial charge < -0.3 is 4.42 Å². The van der Waals surface area contributed by atoms with Crippen molar-refractivity contribution in [1.29, 1.82) is 5.26 Å². The third kappa shape index (κ3) is 2.15. The van der Waals surface area contributed by atoms with Gasteiger partial charge >= 0.3 is 0 Å². The van der Waals surface area contributed by atoms with Gasteiger partial charge in [-0.1, -0.05) is 30.3 Å². The maximum Gasteiger partial charge on any atom is 0.144 e. The highest BCUT2D eigenvalue weighted by atomic mass is 16.3. The van der Waals surface area contributed by atoms with Crippen LogP contribution in [-0.4, -0.2) is 0 Å². The highest BCUT2D eigenvalue weighted by molar-refractivity contribution is 5.87. The number of hydrogen-bond donors (Lipinski definition) is 0. The fourth-order valence-electron chi connectivity index (χ4n) is 1.31. The molecule has 0 aliphatic heterocycles. The summed E-state index contributed by atoms with van der Waals surface area (Å²) in [7, 11) is 0. The zero-order valence-electron chi connectivity index (χ0n) is 8.05. The highest BCUT2D eigenvalue weighted by Gasteiger charge is 2.02. The normalized spacial score (nSPS) is 11.0. The Balaban J connectivity index is 2.37. The van der Waals surface area contributed by atoms with Crippen LogP contribution in [0.15, 0.2) is 53.1 Å². The van der Waals surface area contributed by atoms with Gasteiger partial charge in [0.1, 0.15) is 11.8 Å². The number of nitrogens with zero attached hydrogens (tertiary/aromatic N) is 1. The van der Waals surface area contributed by atoms with Crippen LogP contribution in [0.4, 0.5) is 0 Å². The molecule has 0 bridgehead atoms. The van der Waals surface area contributed by atoms with Crippen molar-refractivity contribution in [2.45, 2.75) is 0 Å². The zero-order chi connectivity index (χ0) is 10.5. The molecule has 15 heavy (non-hydrogen) atoms. The molecule has 0 N–H and O–H groups in total. The minimum atomic E-state index is 0.534. The van der Waals surface area contributed by atoms with E-state index in [2.05, 4.69) is 6.07 Å². The van der Waals surface area contributed by atoms with Gasteiger partial charge in [-0.05, 0) is 23.8 Å². The lowest BCUT2D eigenvalue weighted by atomic mass is 10.1. The van der Waals surface area contributed by atoms with E-state index < -0.39 is 0 Å². The van der Waals surface area contributed by atoms with Crippen LogP contribution in [0.2, 0.25) is 0 Å². The maximum atomic E-state index is 8.98. The fraction of sp³-hybridized carbons (Fsp3) is 0. The summed E-state index contributed by atoms with van der Waals surface area (Å²) in [5.74, 6) is 0.598. The fourth-order valence-corrected chi connectivity index (χ4v) is 1.31. The molecule has 0 aliphatic carbocycles. The third-order valence-corrected chi connectivity index (χ3v) is 2.02. The molecule has 1 heterocycles. The molecule has 0 unspecified atom stereocenters. The van der Waals surface area contributed by atoms with Crippen molar-refractivity contribution in [3.05, 3.63) is 60.1 Å². The van der Waals surface area contributed by atoms with Crippen LogP contribution in [0.25, 0.3) is 11.6 Å². The lowest BCUT2D eigenvalue weighted by molar-refractivity contribution is 0.555. The van der Waals surface area contributed by atoms with Crippen LogP contribution >= 0.6 is 0 Å². The summed E-state index contributed by atoms with van der Waals surface area (Å²) in [6, 6.07) is 15.4. The van der Waals surface area contributed by atoms with E-state index in [0.29, 0.717) is 11.3 Å². The van der Waals surface area contributed by atoms with Crippen LogP contribution < -0.4 is 0 Å². The molecule has 2 nitrogen and oxygen atoms in total. The average molecular weight is 195 g/mol. The Morgan fingerprint density at radius 2 is 1.93 bits per heavy atom. The molecule has 1 aromatic carbocycles. The Hall–Kier alpha value is -2.27. The minimum absolute atomic E-state index is 0.534. The standard InChI is InChI=1S/C13H9NO/c14-10-12(13-7-4-8-15-13)9-11-5-2-1-3-6-11/h1-9H. The zero-order valence-corrected chi connectivity index (χ0v) is 8.05. The van der Waals surface area contributed by atoms with E-state index in [1.54, 1.807) is 24.5 Å². The van der Waals surface area contributed by atoms with Crippen LogP contribution in [0.1, 0.15) is 11.3 Å². The van der Waals surface area contributed by atoms with Gasteiger partial charge in [0.25, 0.3) is 0 Å². The molecule has 2 heteroatoms. The molecular formula is C13H9NO. The molecule has 0 fully saturated rings. The molecule has 0 saturated heterocycles. The number of benzene rings is 1. The molecule has 72 valence electrons. The van der Waals surface area contributed by atoms with Crippen LogP contribution in [-0.2, 0) is 0 Å². The second-order valence-corrected chi connectivity index (χ2v) is 3.06. The molecule has 2 rings (SSSR count). The number of allylic oxidation sites excluding steroid dienone is 1. The molecule has 0 atom stereocenters. The predicted octanol–water partition coefficient (Wildman–Crippen LogP) is 3.34. The summed E-state index contributed by atoms with van der Waals surface area (Å²) in [6.07, 6.45) is 3.37. The smallest absolute Gasteiger partial charge is 0.144 e. The van der Waals surface area contributed by atoms with Crippen LogP contribution in [0, 0.1) is 11.3 Å². The maximum absolute atomic E-state index is 8.98. The van der Waals surface area contributed by atoms with E-state index in [9.17, 15) is 0 Å². The van der Waals surface area contributed by atoms with Gasteiger partial charge in [-0.2, -0.15) is 5.26 Å². The van der Waals surface area contributed by atoms with E-state index in [0.717, 1.165) is 5.56 Å². The highest BCUT2D eigenvalue weighted by Crippen LogP contribution is 2.17. The summed E-state index contributed by atoms with van der Waals surface area (Å²) < 4.78 is 5.17. The first-order chi connectivity index (χ1) is 7.40. The minimum Gasteiger partial charge on any atom is -0.464 e. The molecule has 0 spiro atoms. The Morgan fingerprint density at radius 1 is 1.13 bits per heavy atom. The summed E-state index contributed by atoms with van der Waals surface area (Å²) in [6.45, 7) is 0. The van der Waals surface area contributed by atoms with Gasteiger partial charge in [0.05, 0.1) is 11.8 Å².